The molecular formula is C95H59N9O2. The third kappa shape index (κ3) is 10.8. The van der Waals surface area contributed by atoms with Crippen LogP contribution >= 0.6 is 0 Å². The van der Waals surface area contributed by atoms with Crippen LogP contribution in [0.25, 0.3) is 201 Å². The molecular weight excluding hydrogens is 1300 g/mol. The monoisotopic (exact) mass is 1360 g/mol. The van der Waals surface area contributed by atoms with Gasteiger partial charge >= 0.3 is 0 Å². The van der Waals surface area contributed by atoms with Crippen molar-refractivity contribution in [3.8, 4) is 113 Å². The molecule has 11 nitrogen and oxygen atoms in total. The van der Waals surface area contributed by atoms with Gasteiger partial charge in [0.2, 0.25) is 0 Å². The van der Waals surface area contributed by atoms with Crippen LogP contribution in [0.5, 0.6) is 0 Å². The van der Waals surface area contributed by atoms with Gasteiger partial charge in [-0.05, 0) is 113 Å². The minimum atomic E-state index is 0.531. The maximum Gasteiger partial charge on any atom is 0.167 e. The maximum absolute atomic E-state index is 6.86. The first-order valence-corrected chi connectivity index (χ1v) is 35.3. The molecule has 0 aliphatic carbocycles. The topological polar surface area (TPSA) is 126 Å². The van der Waals surface area contributed by atoms with Gasteiger partial charge in [-0.3, -0.25) is 4.98 Å². The Hall–Kier alpha value is -14.6. The molecule has 0 aliphatic heterocycles. The highest BCUT2D eigenvalue weighted by Gasteiger charge is 2.25. The Bertz CT molecular complexity index is 6730. The minimum Gasteiger partial charge on any atom is -0.455 e. The van der Waals surface area contributed by atoms with E-state index in [0.717, 1.165) is 155 Å². The molecule has 0 amide bonds. The molecule has 0 radical (unpaired) electrons. The molecule has 496 valence electrons. The second kappa shape index (κ2) is 25.8. The first kappa shape index (κ1) is 61.3. The highest BCUT2D eigenvalue weighted by Crippen LogP contribution is 2.46. The third-order valence-electron chi connectivity index (χ3n) is 20.0. The summed E-state index contributed by atoms with van der Waals surface area (Å²) in [4.78, 5) is 35.3. The minimum absolute atomic E-state index is 0.531. The molecule has 14 aromatic carbocycles. The van der Waals surface area contributed by atoms with Gasteiger partial charge in [0.25, 0.3) is 0 Å². The Labute approximate surface area is 608 Å². The van der Waals surface area contributed by atoms with E-state index in [1.807, 2.05) is 121 Å². The van der Waals surface area contributed by atoms with Crippen LogP contribution in [0.1, 0.15) is 0 Å². The van der Waals surface area contributed by atoms with Crippen LogP contribution in [0.3, 0.4) is 0 Å². The molecule has 0 saturated heterocycles. The Morgan fingerprint density at radius 3 is 1.22 bits per heavy atom. The van der Waals surface area contributed by atoms with E-state index in [0.29, 0.717) is 40.5 Å². The van der Waals surface area contributed by atoms with Crippen molar-refractivity contribution in [3.05, 3.63) is 358 Å². The quantitative estimate of drug-likeness (QED) is 0.124. The van der Waals surface area contributed by atoms with E-state index in [1.54, 1.807) is 0 Å². The summed E-state index contributed by atoms with van der Waals surface area (Å²) in [6.45, 7) is 0. The molecule has 21 aromatic rings. The van der Waals surface area contributed by atoms with Crippen molar-refractivity contribution in [2.75, 3.05) is 0 Å². The lowest BCUT2D eigenvalue weighted by Gasteiger charge is -2.10. The summed E-state index contributed by atoms with van der Waals surface area (Å²) in [6.07, 6.45) is 1.82. The molecule has 0 bridgehead atoms. The summed E-state index contributed by atoms with van der Waals surface area (Å²) < 4.78 is 18.3. The molecule has 0 unspecified atom stereocenters. The van der Waals surface area contributed by atoms with Gasteiger partial charge in [-0.2, -0.15) is 0 Å². The van der Waals surface area contributed by atoms with Crippen LogP contribution < -0.4 is 0 Å². The number of aromatic nitrogens is 9. The smallest absolute Gasteiger partial charge is 0.167 e. The number of para-hydroxylation sites is 4. The number of furan rings is 2. The standard InChI is InChI=1S/C51H32N4O.C44H27N5O/c1-4-13-33(14-5-1)35-23-27-37(28-24-35)49-52-50(38-29-25-36(26-30-38)34-15-6-2-7-16-34)54-51(53-49)42-20-12-22-45-46(42)41-31-32-44-47(48(41)56-45)40-19-10-11-21-43(40)55(44)39-17-8-3-9-18-39;1-4-14-28(15-5-1)42-46-43(29-16-6-2-7-17-29)48-44(47-42)36-25-30(37-21-12-13-23-45-37)24-35-34-26-39-33(27-40(34)50-41(35)36)32-20-10-11-22-38(32)49(39)31-18-8-3-9-19-31/h1-32H;1-27H. The van der Waals surface area contributed by atoms with Gasteiger partial charge in [0, 0.05) is 88.7 Å². The van der Waals surface area contributed by atoms with Crippen LogP contribution in [0.15, 0.2) is 367 Å². The number of rotatable bonds is 11. The van der Waals surface area contributed by atoms with Gasteiger partial charge in [-0.15, -0.1) is 0 Å². The normalized spacial score (nSPS) is 11.6. The van der Waals surface area contributed by atoms with Crippen molar-refractivity contribution < 1.29 is 8.83 Å². The fourth-order valence-corrected chi connectivity index (χ4v) is 15.0. The Kier molecular flexibility index (Phi) is 14.9. The fourth-order valence-electron chi connectivity index (χ4n) is 15.0. The van der Waals surface area contributed by atoms with Crippen LogP contribution in [0, 0.1) is 0 Å². The van der Waals surface area contributed by atoms with Crippen molar-refractivity contribution in [2.24, 2.45) is 0 Å². The zero-order chi connectivity index (χ0) is 70.0. The first-order valence-electron chi connectivity index (χ1n) is 35.3. The summed E-state index contributed by atoms with van der Waals surface area (Å²) in [6, 6.07) is 121. The summed E-state index contributed by atoms with van der Waals surface area (Å²) in [5, 5.41) is 8.48. The third-order valence-corrected chi connectivity index (χ3v) is 20.0. The predicted octanol–water partition coefficient (Wildman–Crippen LogP) is 24.1. The van der Waals surface area contributed by atoms with E-state index in [1.165, 1.54) is 5.39 Å². The summed E-state index contributed by atoms with van der Waals surface area (Å²) in [7, 11) is 0. The predicted molar refractivity (Wildman–Crippen MR) is 430 cm³/mol. The van der Waals surface area contributed by atoms with Gasteiger partial charge in [0.1, 0.15) is 22.3 Å². The molecule has 0 fully saturated rings. The van der Waals surface area contributed by atoms with Crippen molar-refractivity contribution >= 4 is 87.5 Å². The molecule has 106 heavy (non-hydrogen) atoms. The average Bonchev–Trinajstić information content (AvgIpc) is 1.56. The van der Waals surface area contributed by atoms with Gasteiger partial charge in [-0.25, -0.2) is 29.9 Å². The average molecular weight is 1360 g/mol. The van der Waals surface area contributed by atoms with Crippen LogP contribution in [0.4, 0.5) is 0 Å². The van der Waals surface area contributed by atoms with Crippen molar-refractivity contribution in [2.45, 2.75) is 0 Å². The second-order valence-corrected chi connectivity index (χ2v) is 26.3. The van der Waals surface area contributed by atoms with E-state index in [9.17, 15) is 0 Å². The zero-order valence-corrected chi connectivity index (χ0v) is 56.9. The van der Waals surface area contributed by atoms with Crippen LogP contribution in [-0.4, -0.2) is 44.0 Å². The van der Waals surface area contributed by atoms with Gasteiger partial charge in [0.05, 0.1) is 38.7 Å². The number of hydrogen-bond acceptors (Lipinski definition) is 9. The molecule has 7 heterocycles. The van der Waals surface area contributed by atoms with Crippen LogP contribution in [0.2, 0.25) is 0 Å². The molecule has 0 atom stereocenters. The second-order valence-electron chi connectivity index (χ2n) is 26.3. The molecule has 0 saturated carbocycles. The fraction of sp³-hybridized carbons (Fsp3) is 0. The molecule has 0 aliphatic rings. The summed E-state index contributed by atoms with van der Waals surface area (Å²) >= 11 is 0. The maximum atomic E-state index is 6.86. The van der Waals surface area contributed by atoms with Gasteiger partial charge in [-0.1, -0.05) is 261 Å². The van der Waals surface area contributed by atoms with E-state index in [2.05, 4.69) is 246 Å². The number of fused-ring (bicyclic) bond motifs is 13. The van der Waals surface area contributed by atoms with E-state index in [4.69, 9.17) is 43.7 Å². The largest absolute Gasteiger partial charge is 0.455 e. The lowest BCUT2D eigenvalue weighted by molar-refractivity contribution is 0.670. The Balaban J connectivity index is 0.000000141. The van der Waals surface area contributed by atoms with Crippen molar-refractivity contribution in [1.29, 1.82) is 0 Å². The van der Waals surface area contributed by atoms with Crippen molar-refractivity contribution in [3.63, 3.8) is 0 Å². The number of benzene rings is 14. The Morgan fingerprint density at radius 2 is 0.660 bits per heavy atom. The number of nitrogens with zero attached hydrogens (tertiary/aromatic N) is 9. The molecule has 21 rings (SSSR count). The van der Waals surface area contributed by atoms with Crippen LogP contribution in [-0.2, 0) is 0 Å². The van der Waals surface area contributed by atoms with Crippen molar-refractivity contribution in [1.82, 2.24) is 44.0 Å². The van der Waals surface area contributed by atoms with Gasteiger partial charge in [0.15, 0.2) is 34.9 Å². The van der Waals surface area contributed by atoms with E-state index < -0.39 is 0 Å². The first-order chi connectivity index (χ1) is 52.5. The van der Waals surface area contributed by atoms with E-state index >= 15 is 0 Å². The number of pyridine rings is 1. The highest BCUT2D eigenvalue weighted by atomic mass is 16.3. The molecule has 11 heteroatoms. The molecule has 7 aromatic heterocycles. The highest BCUT2D eigenvalue weighted by molar-refractivity contribution is 6.26. The molecule has 0 N–H and O–H groups in total. The summed E-state index contributed by atoms with van der Waals surface area (Å²) in [5.74, 6) is 3.52. The molecule has 0 spiro atoms. The Morgan fingerprint density at radius 1 is 0.217 bits per heavy atom. The SMILES string of the molecule is c1ccc(-c2ccc(-c3nc(-c4ccc(-c5ccccc5)cc4)nc(-c4cccc5oc6c(ccc7c6c6ccccc6n7-c6ccccc6)c45)n3)cc2)cc1.c1ccc(-c2nc(-c3ccccc3)nc(-c3cc(-c4ccccn4)cc4c3oc3cc5c6ccccc6n(-c6ccccc6)c5cc34)n2)cc1. The number of hydrogen-bond donors (Lipinski definition) is 0. The lowest BCUT2D eigenvalue weighted by Crippen LogP contribution is -2.00. The lowest BCUT2D eigenvalue weighted by atomic mass is 10.0. The summed E-state index contributed by atoms with van der Waals surface area (Å²) in [5.41, 5.74) is 21.5. The van der Waals surface area contributed by atoms with Gasteiger partial charge < -0.3 is 18.0 Å². The van der Waals surface area contributed by atoms with E-state index in [-0.39, 0.29) is 0 Å². The zero-order valence-electron chi connectivity index (χ0n) is 56.9.